The molecule has 2 rings (SSSR count). The minimum Gasteiger partial charge on any atom is -0.490 e. The topological polar surface area (TPSA) is 35.2 Å². The smallest absolute Gasteiger partial charge is 0.124 e. The van der Waals surface area contributed by atoms with Crippen LogP contribution in [0.4, 0.5) is 4.39 Å². The molecular formula is C11H14FNO. The van der Waals surface area contributed by atoms with Crippen molar-refractivity contribution in [2.75, 3.05) is 0 Å². The standard InChI is InChI=1S/C11H14FNO/c1-2-8-6-10(13)9-5-7(12)3-4-11(9)14-8/h3-5,8,10H,2,6,13H2,1H3. The first-order valence-corrected chi connectivity index (χ1v) is 4.92. The third-order valence-corrected chi connectivity index (χ3v) is 2.64. The molecule has 3 heteroatoms. The van der Waals surface area contributed by atoms with E-state index in [4.69, 9.17) is 10.5 Å². The molecule has 0 aliphatic carbocycles. The molecule has 2 unspecified atom stereocenters. The van der Waals surface area contributed by atoms with Crippen LogP contribution in [-0.2, 0) is 0 Å². The highest BCUT2D eigenvalue weighted by atomic mass is 19.1. The molecule has 0 saturated carbocycles. The summed E-state index contributed by atoms with van der Waals surface area (Å²) < 4.78 is 18.6. The molecular weight excluding hydrogens is 181 g/mol. The molecule has 14 heavy (non-hydrogen) atoms. The zero-order valence-electron chi connectivity index (χ0n) is 8.16. The molecule has 76 valence electrons. The second kappa shape index (κ2) is 3.58. The molecule has 1 aromatic rings. The number of fused-ring (bicyclic) bond motifs is 1. The molecule has 2 nitrogen and oxygen atoms in total. The summed E-state index contributed by atoms with van der Waals surface area (Å²) in [7, 11) is 0. The molecule has 0 aromatic heterocycles. The lowest BCUT2D eigenvalue weighted by atomic mass is 9.96. The van der Waals surface area contributed by atoms with Gasteiger partial charge in [0.25, 0.3) is 0 Å². The van der Waals surface area contributed by atoms with Gasteiger partial charge in [-0.3, -0.25) is 0 Å². The molecule has 2 atom stereocenters. The maximum atomic E-state index is 12.9. The maximum absolute atomic E-state index is 12.9. The van der Waals surface area contributed by atoms with Crippen molar-refractivity contribution in [2.24, 2.45) is 5.73 Å². The Morgan fingerprint density at radius 3 is 3.07 bits per heavy atom. The van der Waals surface area contributed by atoms with Crippen molar-refractivity contribution in [1.29, 1.82) is 0 Å². The Morgan fingerprint density at radius 2 is 2.36 bits per heavy atom. The van der Waals surface area contributed by atoms with Crippen LogP contribution < -0.4 is 10.5 Å². The van der Waals surface area contributed by atoms with Crippen molar-refractivity contribution in [3.05, 3.63) is 29.6 Å². The van der Waals surface area contributed by atoms with E-state index in [9.17, 15) is 4.39 Å². The van der Waals surface area contributed by atoms with Crippen LogP contribution in [0.2, 0.25) is 0 Å². The second-order valence-electron chi connectivity index (χ2n) is 3.67. The lowest BCUT2D eigenvalue weighted by molar-refractivity contribution is 0.155. The van der Waals surface area contributed by atoms with Crippen molar-refractivity contribution >= 4 is 0 Å². The molecule has 1 aromatic carbocycles. The highest BCUT2D eigenvalue weighted by Crippen LogP contribution is 2.34. The molecule has 0 bridgehead atoms. The van der Waals surface area contributed by atoms with Crippen molar-refractivity contribution in [3.8, 4) is 5.75 Å². The number of nitrogens with two attached hydrogens (primary N) is 1. The predicted octanol–water partition coefficient (Wildman–Crippen LogP) is 2.39. The largest absolute Gasteiger partial charge is 0.490 e. The SMILES string of the molecule is CCC1CC(N)c2cc(F)ccc2O1. The summed E-state index contributed by atoms with van der Waals surface area (Å²) in [5, 5.41) is 0. The van der Waals surface area contributed by atoms with Crippen molar-refractivity contribution in [1.82, 2.24) is 0 Å². The first-order chi connectivity index (χ1) is 6.70. The van der Waals surface area contributed by atoms with Gasteiger partial charge in [-0.2, -0.15) is 0 Å². The quantitative estimate of drug-likeness (QED) is 0.746. The first-order valence-electron chi connectivity index (χ1n) is 4.92. The van der Waals surface area contributed by atoms with Crippen LogP contribution in [0.1, 0.15) is 31.4 Å². The van der Waals surface area contributed by atoms with Crippen molar-refractivity contribution in [2.45, 2.75) is 31.9 Å². The van der Waals surface area contributed by atoms with Gasteiger partial charge in [0.1, 0.15) is 17.7 Å². The average Bonchev–Trinajstić information content (AvgIpc) is 2.19. The highest BCUT2D eigenvalue weighted by Gasteiger charge is 2.24. The van der Waals surface area contributed by atoms with Gasteiger partial charge in [0, 0.05) is 18.0 Å². The fraction of sp³-hybridized carbons (Fsp3) is 0.455. The number of ether oxygens (including phenoxy) is 1. The summed E-state index contributed by atoms with van der Waals surface area (Å²) in [6.07, 6.45) is 1.88. The minimum absolute atomic E-state index is 0.0978. The molecule has 1 aliphatic rings. The van der Waals surface area contributed by atoms with Gasteiger partial charge < -0.3 is 10.5 Å². The van der Waals surface area contributed by atoms with Crippen LogP contribution >= 0.6 is 0 Å². The van der Waals surface area contributed by atoms with E-state index in [1.807, 2.05) is 0 Å². The Bertz CT molecular complexity index is 340. The van der Waals surface area contributed by atoms with E-state index in [1.54, 1.807) is 6.07 Å². The highest BCUT2D eigenvalue weighted by molar-refractivity contribution is 5.38. The Labute approximate surface area is 82.9 Å². The van der Waals surface area contributed by atoms with Gasteiger partial charge in [0.2, 0.25) is 0 Å². The Hall–Kier alpha value is -1.09. The van der Waals surface area contributed by atoms with Crippen LogP contribution in [-0.4, -0.2) is 6.10 Å². The number of hydrogen-bond acceptors (Lipinski definition) is 2. The van der Waals surface area contributed by atoms with E-state index in [2.05, 4.69) is 6.92 Å². The van der Waals surface area contributed by atoms with Gasteiger partial charge in [-0.15, -0.1) is 0 Å². The monoisotopic (exact) mass is 195 g/mol. The van der Waals surface area contributed by atoms with Crippen LogP contribution in [0.15, 0.2) is 18.2 Å². The van der Waals surface area contributed by atoms with Crippen molar-refractivity contribution < 1.29 is 9.13 Å². The van der Waals surface area contributed by atoms with E-state index in [0.29, 0.717) is 0 Å². The molecule has 0 radical (unpaired) electrons. The van der Waals surface area contributed by atoms with Gasteiger partial charge in [0.05, 0.1) is 0 Å². The number of halogens is 1. The second-order valence-corrected chi connectivity index (χ2v) is 3.67. The van der Waals surface area contributed by atoms with Gasteiger partial charge in [-0.1, -0.05) is 6.92 Å². The summed E-state index contributed by atoms with van der Waals surface area (Å²) in [5.74, 6) is 0.481. The van der Waals surface area contributed by atoms with Crippen LogP contribution in [0.25, 0.3) is 0 Å². The van der Waals surface area contributed by atoms with Gasteiger partial charge in [0.15, 0.2) is 0 Å². The fourth-order valence-corrected chi connectivity index (χ4v) is 1.80. The third kappa shape index (κ3) is 1.60. The molecule has 0 saturated heterocycles. The third-order valence-electron chi connectivity index (χ3n) is 2.64. The van der Waals surface area contributed by atoms with Crippen LogP contribution in [0, 0.1) is 5.82 Å². The molecule has 1 aliphatic heterocycles. The van der Waals surface area contributed by atoms with E-state index < -0.39 is 0 Å². The lowest BCUT2D eigenvalue weighted by Crippen LogP contribution is -2.29. The normalized spacial score (nSPS) is 25.4. The fourth-order valence-electron chi connectivity index (χ4n) is 1.80. The maximum Gasteiger partial charge on any atom is 0.124 e. The van der Waals surface area contributed by atoms with E-state index >= 15 is 0 Å². The van der Waals surface area contributed by atoms with Crippen LogP contribution in [0.5, 0.6) is 5.75 Å². The van der Waals surface area contributed by atoms with E-state index in [0.717, 1.165) is 24.2 Å². The summed E-state index contributed by atoms with van der Waals surface area (Å²) in [6.45, 7) is 2.06. The molecule has 0 spiro atoms. The molecule has 2 N–H and O–H groups in total. The summed E-state index contributed by atoms with van der Waals surface area (Å²) in [5.41, 5.74) is 6.72. The van der Waals surface area contributed by atoms with E-state index in [-0.39, 0.29) is 18.0 Å². The summed E-state index contributed by atoms with van der Waals surface area (Å²) in [4.78, 5) is 0. The zero-order valence-corrected chi connectivity index (χ0v) is 8.16. The summed E-state index contributed by atoms with van der Waals surface area (Å²) >= 11 is 0. The van der Waals surface area contributed by atoms with Gasteiger partial charge >= 0.3 is 0 Å². The van der Waals surface area contributed by atoms with E-state index in [1.165, 1.54) is 12.1 Å². The average molecular weight is 195 g/mol. The zero-order chi connectivity index (χ0) is 10.1. The van der Waals surface area contributed by atoms with Gasteiger partial charge in [-0.25, -0.2) is 4.39 Å². The molecule has 0 fully saturated rings. The Morgan fingerprint density at radius 1 is 1.57 bits per heavy atom. The Kier molecular flexibility index (Phi) is 2.42. The van der Waals surface area contributed by atoms with Gasteiger partial charge in [-0.05, 0) is 24.6 Å². The molecule has 0 amide bonds. The number of rotatable bonds is 1. The van der Waals surface area contributed by atoms with Crippen LogP contribution in [0.3, 0.4) is 0 Å². The number of benzene rings is 1. The summed E-state index contributed by atoms with van der Waals surface area (Å²) in [6, 6.07) is 4.43. The molecule has 1 heterocycles. The van der Waals surface area contributed by atoms with Crippen molar-refractivity contribution in [3.63, 3.8) is 0 Å². The minimum atomic E-state index is -0.252. The predicted molar refractivity (Wildman–Crippen MR) is 52.7 cm³/mol. The first kappa shape index (κ1) is 9.46. The lowest BCUT2D eigenvalue weighted by Gasteiger charge is -2.29. The number of hydrogen-bond donors (Lipinski definition) is 1. The Balaban J connectivity index is 2.35.